The molecule has 0 fully saturated rings. The molecule has 1 amide bonds. The van der Waals surface area contributed by atoms with Crippen LogP contribution in [0.5, 0.6) is 0 Å². The first kappa shape index (κ1) is 9.59. The van der Waals surface area contributed by atoms with Crippen LogP contribution in [0.4, 0.5) is 5.13 Å². The number of nitrogens with two attached hydrogens (primary N) is 1. The van der Waals surface area contributed by atoms with Gasteiger partial charge in [0.05, 0.1) is 12.7 Å². The van der Waals surface area contributed by atoms with Crippen LogP contribution in [-0.4, -0.2) is 21.3 Å². The third-order valence-corrected chi connectivity index (χ3v) is 2.30. The Balaban J connectivity index is 1.93. The number of nitrogens with zero attached hydrogens (tertiary/aromatic N) is 3. The fourth-order valence-electron chi connectivity index (χ4n) is 0.903. The van der Waals surface area contributed by atoms with Gasteiger partial charge < -0.3 is 15.6 Å². The quantitative estimate of drug-likeness (QED) is 0.763. The third kappa shape index (κ3) is 2.29. The highest BCUT2D eigenvalue weighted by Gasteiger charge is 2.11. The maximum absolute atomic E-state index is 11.4. The molecule has 0 aromatic carbocycles. The minimum atomic E-state index is -0.333. The zero-order valence-electron chi connectivity index (χ0n) is 7.51. The van der Waals surface area contributed by atoms with Crippen LogP contribution < -0.4 is 11.1 Å². The monoisotopic (exact) mass is 225 g/mol. The Kier molecular flexibility index (Phi) is 2.59. The summed E-state index contributed by atoms with van der Waals surface area (Å²) in [5, 5.41) is 13.7. The molecule has 0 aliphatic carbocycles. The van der Waals surface area contributed by atoms with Gasteiger partial charge in [-0.05, 0) is 0 Å². The molecule has 0 saturated carbocycles. The van der Waals surface area contributed by atoms with Crippen molar-refractivity contribution in [3.05, 3.63) is 23.0 Å². The highest BCUT2D eigenvalue weighted by molar-refractivity contribution is 7.16. The van der Waals surface area contributed by atoms with Crippen LogP contribution in [0.3, 0.4) is 0 Å². The van der Waals surface area contributed by atoms with Gasteiger partial charge in [0.1, 0.15) is 0 Å². The van der Waals surface area contributed by atoms with E-state index < -0.39 is 0 Å². The molecule has 0 unspecified atom stereocenters. The predicted octanol–water partition coefficient (Wildman–Crippen LogP) is 0.0383. The lowest BCUT2D eigenvalue weighted by Gasteiger charge is -1.97. The van der Waals surface area contributed by atoms with Crippen molar-refractivity contribution >= 4 is 22.4 Å². The minimum Gasteiger partial charge on any atom is -0.374 e. The van der Waals surface area contributed by atoms with Gasteiger partial charge in [0.15, 0.2) is 5.76 Å². The summed E-state index contributed by atoms with van der Waals surface area (Å²) in [4.78, 5) is 11.4. The lowest BCUT2D eigenvalue weighted by atomic mass is 10.4. The van der Waals surface area contributed by atoms with Crippen LogP contribution in [0.15, 0.2) is 16.8 Å². The van der Waals surface area contributed by atoms with Gasteiger partial charge in [-0.3, -0.25) is 4.79 Å². The van der Waals surface area contributed by atoms with E-state index in [1.165, 1.54) is 6.20 Å². The molecule has 0 aliphatic rings. The summed E-state index contributed by atoms with van der Waals surface area (Å²) in [6, 6.07) is 1.66. The van der Waals surface area contributed by atoms with Gasteiger partial charge >= 0.3 is 0 Å². The van der Waals surface area contributed by atoms with E-state index in [0.717, 1.165) is 11.3 Å². The molecule has 3 N–H and O–H groups in total. The first-order valence-electron chi connectivity index (χ1n) is 4.02. The maximum atomic E-state index is 11.4. The first-order chi connectivity index (χ1) is 7.25. The van der Waals surface area contributed by atoms with Crippen molar-refractivity contribution in [1.82, 2.24) is 20.7 Å². The largest absolute Gasteiger partial charge is 0.374 e. The Hall–Kier alpha value is -1.96. The zero-order valence-corrected chi connectivity index (χ0v) is 8.32. The standard InChI is InChI=1S/C7H7N5O2S/c8-7-12-11-6(15-7)5(13)9-3-4-1-2-10-14-4/h1-2H,3H2,(H2,8,12)(H,9,13). The number of hydrogen-bond donors (Lipinski definition) is 2. The molecule has 0 spiro atoms. The van der Waals surface area contributed by atoms with Gasteiger partial charge in [-0.1, -0.05) is 16.5 Å². The van der Waals surface area contributed by atoms with E-state index in [9.17, 15) is 4.79 Å². The van der Waals surface area contributed by atoms with Crippen molar-refractivity contribution in [2.24, 2.45) is 0 Å². The summed E-state index contributed by atoms with van der Waals surface area (Å²) in [7, 11) is 0. The van der Waals surface area contributed by atoms with Gasteiger partial charge in [-0.15, -0.1) is 10.2 Å². The average Bonchev–Trinajstić information content (AvgIpc) is 2.84. The molecular formula is C7H7N5O2S. The number of rotatable bonds is 3. The fourth-order valence-corrected chi connectivity index (χ4v) is 1.43. The van der Waals surface area contributed by atoms with Crippen molar-refractivity contribution < 1.29 is 9.32 Å². The number of hydrogen-bond acceptors (Lipinski definition) is 7. The van der Waals surface area contributed by atoms with Crippen LogP contribution in [-0.2, 0) is 6.54 Å². The fraction of sp³-hybridized carbons (Fsp3) is 0.143. The molecule has 2 aromatic rings. The van der Waals surface area contributed by atoms with E-state index in [1.54, 1.807) is 6.07 Å². The summed E-state index contributed by atoms with van der Waals surface area (Å²) in [5.41, 5.74) is 5.34. The number of nitrogens with one attached hydrogen (secondary N) is 1. The maximum Gasteiger partial charge on any atom is 0.282 e. The Bertz CT molecular complexity index is 452. The molecule has 7 nitrogen and oxygen atoms in total. The van der Waals surface area contributed by atoms with Crippen LogP contribution >= 0.6 is 11.3 Å². The van der Waals surface area contributed by atoms with Crippen LogP contribution in [0.2, 0.25) is 0 Å². The Morgan fingerprint density at radius 3 is 3.07 bits per heavy atom. The van der Waals surface area contributed by atoms with Gasteiger partial charge in [-0.25, -0.2) is 0 Å². The first-order valence-corrected chi connectivity index (χ1v) is 4.84. The molecule has 0 saturated heterocycles. The second-order valence-corrected chi connectivity index (χ2v) is 3.62. The summed E-state index contributed by atoms with van der Waals surface area (Å²) >= 11 is 1.03. The molecule has 2 rings (SSSR count). The van der Waals surface area contributed by atoms with Crippen LogP contribution in [0.25, 0.3) is 0 Å². The Morgan fingerprint density at radius 2 is 2.47 bits per heavy atom. The molecule has 0 atom stereocenters. The number of anilines is 1. The molecule has 8 heteroatoms. The Labute approximate surface area is 88.3 Å². The molecular weight excluding hydrogens is 218 g/mol. The Morgan fingerprint density at radius 1 is 1.60 bits per heavy atom. The highest BCUT2D eigenvalue weighted by atomic mass is 32.1. The molecule has 2 heterocycles. The van der Waals surface area contributed by atoms with Gasteiger partial charge in [0.2, 0.25) is 10.1 Å². The minimum absolute atomic E-state index is 0.229. The van der Waals surface area contributed by atoms with Crippen molar-refractivity contribution in [1.29, 1.82) is 0 Å². The normalized spacial score (nSPS) is 10.1. The second kappa shape index (κ2) is 4.05. The van der Waals surface area contributed by atoms with Gasteiger partial charge in [0.25, 0.3) is 5.91 Å². The number of carbonyl (C=O) groups is 1. The second-order valence-electron chi connectivity index (χ2n) is 2.61. The van der Waals surface area contributed by atoms with Crippen molar-refractivity contribution in [3.8, 4) is 0 Å². The highest BCUT2D eigenvalue weighted by Crippen LogP contribution is 2.10. The van der Waals surface area contributed by atoms with Gasteiger partial charge in [-0.2, -0.15) is 0 Å². The number of nitrogen functional groups attached to an aromatic ring is 1. The van der Waals surface area contributed by atoms with Crippen molar-refractivity contribution in [2.75, 3.05) is 5.73 Å². The zero-order chi connectivity index (χ0) is 10.7. The lowest BCUT2D eigenvalue weighted by molar-refractivity contribution is 0.0946. The third-order valence-electron chi connectivity index (χ3n) is 1.55. The molecule has 0 aliphatic heterocycles. The summed E-state index contributed by atoms with van der Waals surface area (Å²) in [6.45, 7) is 0.262. The van der Waals surface area contributed by atoms with E-state index in [4.69, 9.17) is 10.3 Å². The smallest absolute Gasteiger partial charge is 0.282 e. The lowest BCUT2D eigenvalue weighted by Crippen LogP contribution is -2.22. The SMILES string of the molecule is Nc1nnc(C(=O)NCc2ccno2)s1. The summed E-state index contributed by atoms with van der Waals surface area (Å²) in [6.07, 6.45) is 1.50. The van der Waals surface area contributed by atoms with E-state index in [0.29, 0.717) is 5.76 Å². The van der Waals surface area contributed by atoms with Crippen LogP contribution in [0, 0.1) is 0 Å². The number of carbonyl (C=O) groups excluding carboxylic acids is 1. The van der Waals surface area contributed by atoms with Crippen molar-refractivity contribution in [3.63, 3.8) is 0 Å². The molecule has 78 valence electrons. The van der Waals surface area contributed by atoms with Gasteiger partial charge in [0, 0.05) is 6.07 Å². The summed E-state index contributed by atoms with van der Waals surface area (Å²) in [5.74, 6) is 0.237. The van der Waals surface area contributed by atoms with E-state index in [1.807, 2.05) is 0 Å². The van der Waals surface area contributed by atoms with Crippen molar-refractivity contribution in [2.45, 2.75) is 6.54 Å². The predicted molar refractivity (Wildman–Crippen MR) is 52.0 cm³/mol. The topological polar surface area (TPSA) is 107 Å². The average molecular weight is 225 g/mol. The number of aromatic nitrogens is 3. The summed E-state index contributed by atoms with van der Waals surface area (Å²) < 4.78 is 4.80. The van der Waals surface area contributed by atoms with E-state index in [2.05, 4.69) is 20.7 Å². The van der Waals surface area contributed by atoms with E-state index in [-0.39, 0.29) is 22.6 Å². The van der Waals surface area contributed by atoms with E-state index >= 15 is 0 Å². The van der Waals surface area contributed by atoms with Crippen LogP contribution in [0.1, 0.15) is 15.6 Å². The molecule has 2 aromatic heterocycles. The molecule has 15 heavy (non-hydrogen) atoms. The molecule has 0 bridgehead atoms. The molecule has 0 radical (unpaired) electrons. The number of amides is 1.